The van der Waals surface area contributed by atoms with Crippen molar-refractivity contribution in [1.82, 2.24) is 0 Å². The fourth-order valence-corrected chi connectivity index (χ4v) is 2.97. The highest BCUT2D eigenvalue weighted by Crippen LogP contribution is 2.37. The Bertz CT molecular complexity index is 906. The van der Waals surface area contributed by atoms with Crippen LogP contribution in [0, 0.1) is 6.07 Å². The van der Waals surface area contributed by atoms with Gasteiger partial charge in [-0.15, -0.1) is 0 Å². The summed E-state index contributed by atoms with van der Waals surface area (Å²) in [5, 5.41) is 2.55. The summed E-state index contributed by atoms with van der Waals surface area (Å²) in [6, 6.07) is 35.1. The molecule has 0 amide bonds. The van der Waals surface area contributed by atoms with Gasteiger partial charge in [0, 0.05) is 0 Å². The van der Waals surface area contributed by atoms with Crippen LogP contribution in [0.25, 0.3) is 33.0 Å². The molecule has 0 nitrogen and oxygen atoms in total. The maximum atomic E-state index is 3.36. The van der Waals surface area contributed by atoms with E-state index in [2.05, 4.69) is 84.9 Å². The Labute approximate surface area is 130 Å². The van der Waals surface area contributed by atoms with Gasteiger partial charge >= 0.3 is 0 Å². The van der Waals surface area contributed by atoms with E-state index in [-0.39, 0.29) is 0 Å². The summed E-state index contributed by atoms with van der Waals surface area (Å²) in [5.74, 6) is 0. The molecule has 4 aromatic carbocycles. The first-order valence-corrected chi connectivity index (χ1v) is 7.48. The molecule has 4 rings (SSSR count). The summed E-state index contributed by atoms with van der Waals surface area (Å²) >= 11 is 0. The Morgan fingerprint density at radius 1 is 0.591 bits per heavy atom. The highest BCUT2D eigenvalue weighted by Gasteiger charge is 2.11. The van der Waals surface area contributed by atoms with Gasteiger partial charge in [-0.1, -0.05) is 91.0 Å². The second-order valence-electron chi connectivity index (χ2n) is 5.35. The molecule has 0 aliphatic carbocycles. The average Bonchev–Trinajstić information content (AvgIpc) is 2.62. The first-order valence-electron chi connectivity index (χ1n) is 7.48. The minimum Gasteiger partial charge on any atom is -0.0622 e. The van der Waals surface area contributed by atoms with E-state index in [4.69, 9.17) is 0 Å². The van der Waals surface area contributed by atoms with Crippen LogP contribution in [-0.2, 0) is 0 Å². The zero-order valence-corrected chi connectivity index (χ0v) is 12.2. The van der Waals surface area contributed by atoms with Gasteiger partial charge in [0.1, 0.15) is 0 Å². The topological polar surface area (TPSA) is 0 Å². The SMILES string of the molecule is [c]1ccccc1-c1ccc2ccccc2c1-c1ccccc1. The van der Waals surface area contributed by atoms with Crippen LogP contribution in [0.1, 0.15) is 0 Å². The van der Waals surface area contributed by atoms with Gasteiger partial charge in [-0.05, 0) is 39.1 Å². The molecule has 22 heavy (non-hydrogen) atoms. The van der Waals surface area contributed by atoms with Gasteiger partial charge in [0.25, 0.3) is 0 Å². The Morgan fingerprint density at radius 3 is 2.18 bits per heavy atom. The quantitative estimate of drug-likeness (QED) is 0.424. The molecule has 0 aliphatic rings. The van der Waals surface area contributed by atoms with Crippen LogP contribution in [0.15, 0.2) is 91.0 Å². The highest BCUT2D eigenvalue weighted by atomic mass is 14.1. The summed E-state index contributed by atoms with van der Waals surface area (Å²) in [6.07, 6.45) is 0. The molecule has 0 bridgehead atoms. The third-order valence-corrected chi connectivity index (χ3v) is 3.99. The maximum Gasteiger partial charge on any atom is -0.00266 e. The molecule has 0 N–H and O–H groups in total. The highest BCUT2D eigenvalue weighted by molar-refractivity contribution is 6.03. The lowest BCUT2D eigenvalue weighted by molar-refractivity contribution is 1.60. The first kappa shape index (κ1) is 12.8. The molecular weight excluding hydrogens is 264 g/mol. The van der Waals surface area contributed by atoms with E-state index in [1.54, 1.807) is 0 Å². The fourth-order valence-electron chi connectivity index (χ4n) is 2.97. The van der Waals surface area contributed by atoms with Crippen molar-refractivity contribution in [1.29, 1.82) is 0 Å². The van der Waals surface area contributed by atoms with E-state index in [0.717, 1.165) is 5.56 Å². The Balaban J connectivity index is 2.09. The lowest BCUT2D eigenvalue weighted by atomic mass is 9.90. The number of benzene rings is 4. The van der Waals surface area contributed by atoms with E-state index in [1.165, 1.54) is 27.5 Å². The molecular formula is C22H15. The van der Waals surface area contributed by atoms with Crippen LogP contribution in [0.4, 0.5) is 0 Å². The second-order valence-corrected chi connectivity index (χ2v) is 5.35. The van der Waals surface area contributed by atoms with Crippen LogP contribution >= 0.6 is 0 Å². The van der Waals surface area contributed by atoms with Crippen LogP contribution in [0.3, 0.4) is 0 Å². The zero-order valence-electron chi connectivity index (χ0n) is 12.2. The Morgan fingerprint density at radius 2 is 1.36 bits per heavy atom. The van der Waals surface area contributed by atoms with E-state index >= 15 is 0 Å². The molecule has 0 spiro atoms. The van der Waals surface area contributed by atoms with E-state index in [9.17, 15) is 0 Å². The molecule has 1 radical (unpaired) electrons. The predicted molar refractivity (Wildman–Crippen MR) is 93.7 cm³/mol. The number of rotatable bonds is 2. The molecule has 0 aliphatic heterocycles. The molecule has 0 fully saturated rings. The van der Waals surface area contributed by atoms with E-state index in [0.29, 0.717) is 0 Å². The second kappa shape index (κ2) is 5.50. The minimum atomic E-state index is 1.13. The molecule has 0 saturated heterocycles. The van der Waals surface area contributed by atoms with Gasteiger partial charge in [-0.25, -0.2) is 0 Å². The van der Waals surface area contributed by atoms with Crippen molar-refractivity contribution < 1.29 is 0 Å². The Hall–Kier alpha value is -2.86. The molecule has 0 saturated carbocycles. The van der Waals surface area contributed by atoms with Gasteiger partial charge in [0.15, 0.2) is 0 Å². The zero-order chi connectivity index (χ0) is 14.8. The van der Waals surface area contributed by atoms with E-state index < -0.39 is 0 Å². The third kappa shape index (κ3) is 2.19. The standard InChI is InChI=1S/C22H15/c1-3-9-17(10-4-1)21-16-15-18-11-7-8-14-20(18)22(21)19-12-5-2-6-13-19/h1-9,11-16H. The number of fused-ring (bicyclic) bond motifs is 1. The molecule has 103 valence electrons. The van der Waals surface area contributed by atoms with Gasteiger partial charge in [-0.2, -0.15) is 0 Å². The predicted octanol–water partition coefficient (Wildman–Crippen LogP) is 5.97. The average molecular weight is 279 g/mol. The molecule has 0 heteroatoms. The minimum absolute atomic E-state index is 1.13. The van der Waals surface area contributed by atoms with Gasteiger partial charge in [0.05, 0.1) is 0 Å². The number of hydrogen-bond donors (Lipinski definition) is 0. The van der Waals surface area contributed by atoms with Gasteiger partial charge in [-0.3, -0.25) is 0 Å². The summed E-state index contributed by atoms with van der Waals surface area (Å²) in [6.45, 7) is 0. The third-order valence-electron chi connectivity index (χ3n) is 3.99. The summed E-state index contributed by atoms with van der Waals surface area (Å²) in [5.41, 5.74) is 4.88. The molecule has 0 atom stereocenters. The van der Waals surface area contributed by atoms with Crippen molar-refractivity contribution >= 4 is 10.8 Å². The van der Waals surface area contributed by atoms with Crippen molar-refractivity contribution in [2.24, 2.45) is 0 Å². The monoisotopic (exact) mass is 279 g/mol. The molecule has 0 unspecified atom stereocenters. The lowest BCUT2D eigenvalue weighted by Gasteiger charge is -2.14. The van der Waals surface area contributed by atoms with Crippen molar-refractivity contribution in [3.05, 3.63) is 97.1 Å². The van der Waals surface area contributed by atoms with Crippen molar-refractivity contribution in [3.63, 3.8) is 0 Å². The summed E-state index contributed by atoms with van der Waals surface area (Å²) < 4.78 is 0. The summed E-state index contributed by atoms with van der Waals surface area (Å²) in [7, 11) is 0. The van der Waals surface area contributed by atoms with Crippen LogP contribution < -0.4 is 0 Å². The van der Waals surface area contributed by atoms with Crippen molar-refractivity contribution in [3.8, 4) is 22.3 Å². The Kier molecular flexibility index (Phi) is 3.21. The summed E-state index contributed by atoms with van der Waals surface area (Å²) in [4.78, 5) is 0. The molecule has 0 aromatic heterocycles. The number of hydrogen-bond acceptors (Lipinski definition) is 0. The van der Waals surface area contributed by atoms with Crippen molar-refractivity contribution in [2.45, 2.75) is 0 Å². The first-order chi connectivity index (χ1) is 10.9. The smallest absolute Gasteiger partial charge is 0.00266 e. The molecule has 4 aromatic rings. The normalized spacial score (nSPS) is 10.7. The maximum absolute atomic E-state index is 3.36. The van der Waals surface area contributed by atoms with E-state index in [1.807, 2.05) is 12.1 Å². The van der Waals surface area contributed by atoms with Crippen LogP contribution in [0.5, 0.6) is 0 Å². The van der Waals surface area contributed by atoms with Crippen LogP contribution in [0.2, 0.25) is 0 Å². The van der Waals surface area contributed by atoms with Gasteiger partial charge in [0.2, 0.25) is 0 Å². The van der Waals surface area contributed by atoms with Crippen molar-refractivity contribution in [2.75, 3.05) is 0 Å². The lowest BCUT2D eigenvalue weighted by Crippen LogP contribution is -1.87. The van der Waals surface area contributed by atoms with Gasteiger partial charge < -0.3 is 0 Å². The molecule has 0 heterocycles. The fraction of sp³-hybridized carbons (Fsp3) is 0. The van der Waals surface area contributed by atoms with Crippen LogP contribution in [-0.4, -0.2) is 0 Å². The largest absolute Gasteiger partial charge is 0.0622 e.